The topological polar surface area (TPSA) is 40.5 Å². The van der Waals surface area contributed by atoms with Crippen LogP contribution in [0.4, 0.5) is 0 Å². The quantitative estimate of drug-likeness (QED) is 0.522. The molecule has 0 unspecified atom stereocenters. The van der Waals surface area contributed by atoms with Crippen molar-refractivity contribution in [1.29, 1.82) is 0 Å². The molecule has 0 heterocycles. The summed E-state index contributed by atoms with van der Waals surface area (Å²) in [7, 11) is 0. The van der Waals surface area contributed by atoms with E-state index < -0.39 is 8.65 Å². The Balaban J connectivity index is 2.01. The number of halogens is 2. The van der Waals surface area contributed by atoms with Crippen LogP contribution in [0, 0.1) is 0 Å². The smallest absolute Gasteiger partial charge is 0.120 e. The van der Waals surface area contributed by atoms with Gasteiger partial charge in [0, 0.05) is 11.1 Å². The number of alkyl halides is 2. The fourth-order valence-electron chi connectivity index (χ4n) is 2.55. The minimum absolute atomic E-state index is 0.235. The van der Waals surface area contributed by atoms with Gasteiger partial charge in [0.2, 0.25) is 0 Å². The van der Waals surface area contributed by atoms with E-state index in [1.54, 1.807) is 24.3 Å². The van der Waals surface area contributed by atoms with Crippen molar-refractivity contribution in [3.8, 4) is 11.5 Å². The average molecular weight is 422 g/mol. The third-order valence-electron chi connectivity index (χ3n) is 3.77. The molecule has 1 aliphatic carbocycles. The van der Waals surface area contributed by atoms with E-state index in [1.807, 2.05) is 48.6 Å². The molecule has 0 saturated carbocycles. The summed E-state index contributed by atoms with van der Waals surface area (Å²) in [5.41, 5.74) is 1.55. The Kier molecular flexibility index (Phi) is 3.91. The molecule has 0 bridgehead atoms. The van der Waals surface area contributed by atoms with Crippen LogP contribution in [0.5, 0.6) is 11.5 Å². The van der Waals surface area contributed by atoms with E-state index >= 15 is 0 Å². The van der Waals surface area contributed by atoms with Crippen molar-refractivity contribution in [2.45, 2.75) is 8.65 Å². The highest BCUT2D eigenvalue weighted by Crippen LogP contribution is 2.48. The molecule has 2 aromatic rings. The van der Waals surface area contributed by atoms with Crippen molar-refractivity contribution in [2.24, 2.45) is 0 Å². The molecule has 0 atom stereocenters. The summed E-state index contributed by atoms with van der Waals surface area (Å²) < 4.78 is -1.14. The maximum atomic E-state index is 10.1. The van der Waals surface area contributed by atoms with E-state index in [0.717, 1.165) is 11.1 Å². The summed E-state index contributed by atoms with van der Waals surface area (Å²) in [4.78, 5) is 0. The fraction of sp³-hybridized carbons (Fsp3) is 0.111. The average Bonchev–Trinajstić information content (AvgIpc) is 2.51. The number of allylic oxidation sites excluding steroid dienone is 4. The number of rotatable bonds is 2. The SMILES string of the molecule is Oc1ccccc1C1(Br)C=CC(Br)(c2ccccc2O)C=C1. The molecule has 22 heavy (non-hydrogen) atoms. The van der Waals surface area contributed by atoms with Crippen LogP contribution in [0.1, 0.15) is 11.1 Å². The predicted octanol–water partition coefficient (Wildman–Crippen LogP) is 5.10. The summed E-state index contributed by atoms with van der Waals surface area (Å²) in [6.07, 6.45) is 7.85. The van der Waals surface area contributed by atoms with Crippen LogP contribution in [0.2, 0.25) is 0 Å². The highest BCUT2D eigenvalue weighted by molar-refractivity contribution is 9.10. The molecule has 3 rings (SSSR count). The Morgan fingerprint density at radius 3 is 1.23 bits per heavy atom. The van der Waals surface area contributed by atoms with Gasteiger partial charge in [-0.3, -0.25) is 0 Å². The normalized spacial score (nSPS) is 27.0. The number of aromatic hydroxyl groups is 2. The molecule has 0 spiro atoms. The van der Waals surface area contributed by atoms with Gasteiger partial charge in [0.15, 0.2) is 0 Å². The van der Waals surface area contributed by atoms with Gasteiger partial charge in [0.05, 0.1) is 8.65 Å². The first-order valence-corrected chi connectivity index (χ1v) is 8.39. The van der Waals surface area contributed by atoms with Gasteiger partial charge in [-0.1, -0.05) is 92.6 Å². The molecule has 0 amide bonds. The van der Waals surface area contributed by atoms with Crippen LogP contribution in [0.15, 0.2) is 72.8 Å². The van der Waals surface area contributed by atoms with Gasteiger partial charge in [-0.05, 0) is 12.1 Å². The van der Waals surface area contributed by atoms with Crippen LogP contribution in [0.25, 0.3) is 0 Å². The molecule has 112 valence electrons. The lowest BCUT2D eigenvalue weighted by Gasteiger charge is -2.31. The second-order valence-corrected chi connectivity index (χ2v) is 7.86. The van der Waals surface area contributed by atoms with Gasteiger partial charge in [-0.2, -0.15) is 0 Å². The Labute approximate surface area is 146 Å². The van der Waals surface area contributed by atoms with Gasteiger partial charge in [-0.25, -0.2) is 0 Å². The zero-order valence-electron chi connectivity index (χ0n) is 11.6. The summed E-state index contributed by atoms with van der Waals surface area (Å²) in [6, 6.07) is 14.4. The second kappa shape index (κ2) is 5.60. The zero-order valence-corrected chi connectivity index (χ0v) is 14.8. The van der Waals surface area contributed by atoms with Crippen LogP contribution < -0.4 is 0 Å². The molecule has 4 heteroatoms. The highest BCUT2D eigenvalue weighted by atomic mass is 79.9. The third-order valence-corrected chi connectivity index (χ3v) is 5.68. The van der Waals surface area contributed by atoms with Gasteiger partial charge >= 0.3 is 0 Å². The lowest BCUT2D eigenvalue weighted by atomic mass is 9.86. The molecule has 0 saturated heterocycles. The number of phenols is 2. The maximum Gasteiger partial charge on any atom is 0.120 e. The largest absolute Gasteiger partial charge is 0.508 e. The van der Waals surface area contributed by atoms with Crippen molar-refractivity contribution >= 4 is 31.9 Å². The van der Waals surface area contributed by atoms with Crippen molar-refractivity contribution < 1.29 is 10.2 Å². The number of benzene rings is 2. The Morgan fingerprint density at radius 2 is 0.909 bits per heavy atom. The number of hydrogen-bond acceptors (Lipinski definition) is 2. The first-order chi connectivity index (χ1) is 10.4. The van der Waals surface area contributed by atoms with Crippen molar-refractivity contribution in [3.05, 3.63) is 84.0 Å². The highest BCUT2D eigenvalue weighted by Gasteiger charge is 2.35. The fourth-order valence-corrected chi connectivity index (χ4v) is 3.75. The van der Waals surface area contributed by atoms with Crippen LogP contribution in [-0.2, 0) is 8.65 Å². The predicted molar refractivity (Wildman–Crippen MR) is 95.7 cm³/mol. The molecular weight excluding hydrogens is 408 g/mol. The first kappa shape index (κ1) is 15.4. The minimum Gasteiger partial charge on any atom is -0.508 e. The van der Waals surface area contributed by atoms with E-state index in [1.165, 1.54) is 0 Å². The summed E-state index contributed by atoms with van der Waals surface area (Å²) in [6.45, 7) is 0. The van der Waals surface area contributed by atoms with E-state index in [0.29, 0.717) is 0 Å². The zero-order chi connectivity index (χ0) is 15.8. The van der Waals surface area contributed by atoms with Gasteiger partial charge in [0.25, 0.3) is 0 Å². The van der Waals surface area contributed by atoms with Crippen LogP contribution >= 0.6 is 31.9 Å². The molecular formula is C18H14Br2O2. The summed E-state index contributed by atoms with van der Waals surface area (Å²) in [5.74, 6) is 0.469. The number of hydrogen-bond donors (Lipinski definition) is 2. The Morgan fingerprint density at radius 1 is 0.591 bits per heavy atom. The molecule has 0 radical (unpaired) electrons. The summed E-state index contributed by atoms with van der Waals surface area (Å²) >= 11 is 7.36. The minimum atomic E-state index is -0.569. The van der Waals surface area contributed by atoms with Crippen LogP contribution in [0.3, 0.4) is 0 Å². The number of para-hydroxylation sites is 2. The Hall–Kier alpha value is -1.52. The first-order valence-electron chi connectivity index (χ1n) is 6.80. The van der Waals surface area contributed by atoms with E-state index in [2.05, 4.69) is 31.9 Å². The molecule has 2 nitrogen and oxygen atoms in total. The van der Waals surface area contributed by atoms with Gasteiger partial charge < -0.3 is 10.2 Å². The monoisotopic (exact) mass is 420 g/mol. The molecule has 0 aromatic heterocycles. The maximum absolute atomic E-state index is 10.1. The van der Waals surface area contributed by atoms with Crippen molar-refractivity contribution in [3.63, 3.8) is 0 Å². The molecule has 2 aromatic carbocycles. The van der Waals surface area contributed by atoms with Crippen LogP contribution in [-0.4, -0.2) is 10.2 Å². The van der Waals surface area contributed by atoms with E-state index in [9.17, 15) is 10.2 Å². The molecule has 0 aliphatic heterocycles. The Bertz CT molecular complexity index is 688. The van der Waals surface area contributed by atoms with Crippen molar-refractivity contribution in [1.82, 2.24) is 0 Å². The lowest BCUT2D eigenvalue weighted by molar-refractivity contribution is 0.464. The third kappa shape index (κ3) is 2.61. The second-order valence-electron chi connectivity index (χ2n) is 5.24. The molecule has 1 aliphatic rings. The van der Waals surface area contributed by atoms with Gasteiger partial charge in [0.1, 0.15) is 11.5 Å². The molecule has 0 fully saturated rings. The lowest BCUT2D eigenvalue weighted by Crippen LogP contribution is -2.22. The van der Waals surface area contributed by atoms with Gasteiger partial charge in [-0.15, -0.1) is 0 Å². The van der Waals surface area contributed by atoms with Crippen molar-refractivity contribution in [2.75, 3.05) is 0 Å². The van der Waals surface area contributed by atoms with E-state index in [-0.39, 0.29) is 11.5 Å². The number of phenolic OH excluding ortho intramolecular Hbond substituents is 2. The standard InChI is InChI=1S/C18H14Br2O2/c19-17(13-5-1-3-7-15(13)21)9-11-18(20,12-10-17)14-6-2-4-8-16(14)22/h1-12,21-22H. The van der Waals surface area contributed by atoms with E-state index in [4.69, 9.17) is 0 Å². The molecule has 2 N–H and O–H groups in total. The summed E-state index contributed by atoms with van der Waals surface area (Å²) in [5, 5.41) is 20.1.